The Morgan fingerprint density at radius 3 is 2.21 bits per heavy atom. The van der Waals surface area contributed by atoms with Crippen LogP contribution in [0.1, 0.15) is 5.56 Å². The minimum Gasteiger partial charge on any atom is -0.497 e. The van der Waals surface area contributed by atoms with Gasteiger partial charge in [-0.05, 0) is 54.1 Å². The number of anilines is 1. The number of benzene rings is 3. The second-order valence-corrected chi connectivity index (χ2v) is 9.17. The Hall–Kier alpha value is -2.35. The molecular weight excluding hydrogens is 452 g/mol. The summed E-state index contributed by atoms with van der Waals surface area (Å²) in [6, 6.07) is 23.6. The molecule has 0 saturated heterocycles. The summed E-state index contributed by atoms with van der Waals surface area (Å²) in [7, 11) is -2.02. The first-order valence-electron chi connectivity index (χ1n) is 9.18. The lowest BCUT2D eigenvalue weighted by Gasteiger charge is -2.25. The normalized spacial score (nSPS) is 11.2. The standard InChI is InChI=1S/C22H23BrN2O3S/c1-28-21-13-7-18(8-14-21)17-24-15-16-25(20-11-9-19(23)10-12-20)29(26,27)22-5-3-2-4-6-22/h2-14,24H,15-17H2,1H3. The number of rotatable bonds is 9. The van der Waals surface area contributed by atoms with E-state index >= 15 is 0 Å². The Balaban J connectivity index is 1.72. The van der Waals surface area contributed by atoms with E-state index in [1.807, 2.05) is 36.4 Å². The van der Waals surface area contributed by atoms with Crippen molar-refractivity contribution < 1.29 is 13.2 Å². The van der Waals surface area contributed by atoms with Crippen LogP contribution in [0.3, 0.4) is 0 Å². The second kappa shape index (κ2) is 9.91. The molecule has 0 fully saturated rings. The van der Waals surface area contributed by atoms with Crippen LogP contribution in [0, 0.1) is 0 Å². The lowest BCUT2D eigenvalue weighted by atomic mass is 10.2. The van der Waals surface area contributed by atoms with Crippen molar-refractivity contribution in [2.75, 3.05) is 24.5 Å². The average molecular weight is 475 g/mol. The van der Waals surface area contributed by atoms with Gasteiger partial charge in [-0.3, -0.25) is 4.31 Å². The third-order valence-corrected chi connectivity index (χ3v) is 6.80. The summed E-state index contributed by atoms with van der Waals surface area (Å²) in [6.07, 6.45) is 0. The Labute approximate surface area is 180 Å². The Morgan fingerprint density at radius 1 is 0.931 bits per heavy atom. The second-order valence-electron chi connectivity index (χ2n) is 6.39. The van der Waals surface area contributed by atoms with Crippen LogP contribution >= 0.6 is 15.9 Å². The largest absolute Gasteiger partial charge is 0.497 e. The maximum Gasteiger partial charge on any atom is 0.264 e. The van der Waals surface area contributed by atoms with Gasteiger partial charge >= 0.3 is 0 Å². The number of methoxy groups -OCH3 is 1. The summed E-state index contributed by atoms with van der Waals surface area (Å²) in [4.78, 5) is 0.276. The van der Waals surface area contributed by atoms with Crippen LogP contribution in [-0.4, -0.2) is 28.6 Å². The van der Waals surface area contributed by atoms with E-state index in [0.29, 0.717) is 25.3 Å². The van der Waals surface area contributed by atoms with Crippen LogP contribution in [0.5, 0.6) is 5.75 Å². The topological polar surface area (TPSA) is 58.6 Å². The first-order valence-corrected chi connectivity index (χ1v) is 11.4. The van der Waals surface area contributed by atoms with E-state index in [-0.39, 0.29) is 4.90 Å². The van der Waals surface area contributed by atoms with E-state index in [4.69, 9.17) is 4.74 Å². The molecule has 3 rings (SSSR count). The molecule has 0 atom stereocenters. The van der Waals surface area contributed by atoms with Gasteiger partial charge < -0.3 is 10.1 Å². The fraction of sp³-hybridized carbons (Fsp3) is 0.182. The number of hydrogen-bond donors (Lipinski definition) is 1. The molecule has 0 aliphatic heterocycles. The quantitative estimate of drug-likeness (QED) is 0.465. The molecule has 1 N–H and O–H groups in total. The summed E-state index contributed by atoms with van der Waals surface area (Å²) >= 11 is 3.40. The Morgan fingerprint density at radius 2 is 1.59 bits per heavy atom. The SMILES string of the molecule is COc1ccc(CNCCN(c2ccc(Br)cc2)S(=O)(=O)c2ccccc2)cc1. The molecule has 0 aromatic heterocycles. The zero-order valence-corrected chi connectivity index (χ0v) is 18.5. The Kier molecular flexibility index (Phi) is 7.30. The van der Waals surface area contributed by atoms with Crippen LogP contribution in [-0.2, 0) is 16.6 Å². The van der Waals surface area contributed by atoms with Crippen LogP contribution in [0.15, 0.2) is 88.2 Å². The zero-order valence-electron chi connectivity index (χ0n) is 16.1. The molecule has 0 aliphatic carbocycles. The molecule has 0 heterocycles. The predicted octanol–water partition coefficient (Wildman–Crippen LogP) is 4.44. The third-order valence-electron chi connectivity index (χ3n) is 4.43. The van der Waals surface area contributed by atoms with Gasteiger partial charge in [-0.25, -0.2) is 8.42 Å². The number of halogens is 1. The van der Waals surface area contributed by atoms with Crippen LogP contribution < -0.4 is 14.4 Å². The molecule has 3 aromatic rings. The molecule has 3 aromatic carbocycles. The van der Waals surface area contributed by atoms with Crippen molar-refractivity contribution in [2.45, 2.75) is 11.4 Å². The van der Waals surface area contributed by atoms with Gasteiger partial charge in [0.25, 0.3) is 10.0 Å². The fourth-order valence-corrected chi connectivity index (χ4v) is 4.62. The summed E-state index contributed by atoms with van der Waals surface area (Å²) < 4.78 is 34.0. The Bertz CT molecular complexity index is 1010. The molecule has 0 bridgehead atoms. The molecule has 0 aliphatic rings. The van der Waals surface area contributed by atoms with Gasteiger partial charge in [0.05, 0.1) is 17.7 Å². The molecule has 29 heavy (non-hydrogen) atoms. The van der Waals surface area contributed by atoms with E-state index < -0.39 is 10.0 Å². The highest BCUT2D eigenvalue weighted by Gasteiger charge is 2.24. The molecule has 0 spiro atoms. The van der Waals surface area contributed by atoms with E-state index in [1.54, 1.807) is 49.6 Å². The third kappa shape index (κ3) is 5.59. The fourth-order valence-electron chi connectivity index (χ4n) is 2.87. The van der Waals surface area contributed by atoms with Crippen molar-refractivity contribution in [3.8, 4) is 5.75 Å². The molecule has 7 heteroatoms. The van der Waals surface area contributed by atoms with Crippen LogP contribution in [0.4, 0.5) is 5.69 Å². The zero-order chi connectivity index (χ0) is 20.7. The van der Waals surface area contributed by atoms with Gasteiger partial charge in [0.2, 0.25) is 0 Å². The van der Waals surface area contributed by atoms with Gasteiger partial charge in [0.15, 0.2) is 0 Å². The number of hydrogen-bond acceptors (Lipinski definition) is 4. The van der Waals surface area contributed by atoms with E-state index in [9.17, 15) is 8.42 Å². The summed E-state index contributed by atoms with van der Waals surface area (Å²) in [6.45, 7) is 1.47. The number of nitrogens with zero attached hydrogens (tertiary/aromatic N) is 1. The van der Waals surface area contributed by atoms with E-state index in [0.717, 1.165) is 15.8 Å². The average Bonchev–Trinajstić information content (AvgIpc) is 2.75. The van der Waals surface area contributed by atoms with Crippen molar-refractivity contribution in [2.24, 2.45) is 0 Å². The highest BCUT2D eigenvalue weighted by molar-refractivity contribution is 9.10. The van der Waals surface area contributed by atoms with Crippen LogP contribution in [0.2, 0.25) is 0 Å². The van der Waals surface area contributed by atoms with Crippen molar-refractivity contribution >= 4 is 31.6 Å². The monoisotopic (exact) mass is 474 g/mol. The van der Waals surface area contributed by atoms with E-state index in [2.05, 4.69) is 21.2 Å². The van der Waals surface area contributed by atoms with Crippen LogP contribution in [0.25, 0.3) is 0 Å². The molecule has 0 amide bonds. The molecule has 0 saturated carbocycles. The molecule has 5 nitrogen and oxygen atoms in total. The molecule has 0 radical (unpaired) electrons. The van der Waals surface area contributed by atoms with Gasteiger partial charge in [-0.2, -0.15) is 0 Å². The number of nitrogens with one attached hydrogen (secondary N) is 1. The smallest absolute Gasteiger partial charge is 0.264 e. The van der Waals surface area contributed by atoms with Gasteiger partial charge in [0.1, 0.15) is 5.75 Å². The summed E-state index contributed by atoms with van der Waals surface area (Å²) in [5, 5.41) is 3.32. The van der Waals surface area contributed by atoms with Gasteiger partial charge in [-0.1, -0.05) is 46.3 Å². The lowest BCUT2D eigenvalue weighted by Crippen LogP contribution is -2.37. The molecule has 152 valence electrons. The minimum atomic E-state index is -3.66. The predicted molar refractivity (Wildman–Crippen MR) is 120 cm³/mol. The van der Waals surface area contributed by atoms with Gasteiger partial charge in [0, 0.05) is 24.1 Å². The van der Waals surface area contributed by atoms with E-state index in [1.165, 1.54) is 4.31 Å². The van der Waals surface area contributed by atoms with Gasteiger partial charge in [-0.15, -0.1) is 0 Å². The highest BCUT2D eigenvalue weighted by Crippen LogP contribution is 2.25. The highest BCUT2D eigenvalue weighted by atomic mass is 79.9. The van der Waals surface area contributed by atoms with Crippen molar-refractivity contribution in [1.29, 1.82) is 0 Å². The number of ether oxygens (including phenoxy) is 1. The maximum absolute atomic E-state index is 13.2. The molecular formula is C22H23BrN2O3S. The van der Waals surface area contributed by atoms with Crippen molar-refractivity contribution in [3.63, 3.8) is 0 Å². The first-order chi connectivity index (χ1) is 14.0. The first kappa shape index (κ1) is 21.4. The summed E-state index contributed by atoms with van der Waals surface area (Å²) in [5.74, 6) is 0.809. The number of sulfonamides is 1. The maximum atomic E-state index is 13.2. The summed E-state index contributed by atoms with van der Waals surface area (Å²) in [5.41, 5.74) is 1.73. The van der Waals surface area contributed by atoms with Crippen molar-refractivity contribution in [1.82, 2.24) is 5.32 Å². The van der Waals surface area contributed by atoms with Crippen molar-refractivity contribution in [3.05, 3.63) is 88.9 Å². The molecule has 0 unspecified atom stereocenters. The lowest BCUT2D eigenvalue weighted by molar-refractivity contribution is 0.414. The minimum absolute atomic E-state index is 0.276.